The van der Waals surface area contributed by atoms with Gasteiger partial charge < -0.3 is 5.11 Å². The van der Waals surface area contributed by atoms with Crippen LogP contribution in [-0.2, 0) is 4.79 Å². The van der Waals surface area contributed by atoms with Crippen molar-refractivity contribution in [3.05, 3.63) is 56.8 Å². The predicted octanol–water partition coefficient (Wildman–Crippen LogP) is 4.56. The van der Waals surface area contributed by atoms with E-state index in [1.54, 1.807) is 0 Å². The van der Waals surface area contributed by atoms with Crippen molar-refractivity contribution in [2.24, 2.45) is 5.92 Å². The largest absolute Gasteiger partial charge is 0.481 e. The number of nitrogens with zero attached hydrogens (tertiary/aromatic N) is 1. The molecule has 128 valence electrons. The molecule has 1 unspecified atom stereocenters. The number of rotatable bonds is 4. The fourth-order valence-electron chi connectivity index (χ4n) is 3.67. The summed E-state index contributed by atoms with van der Waals surface area (Å²) in [6, 6.07) is 11.3. The second-order valence-corrected chi connectivity index (χ2v) is 8.18. The molecule has 1 atom stereocenters. The monoisotopic (exact) mass is 343 g/mol. The Hall–Kier alpha value is -1.65. The van der Waals surface area contributed by atoms with Gasteiger partial charge in [-0.3, -0.25) is 9.69 Å². The molecule has 1 aromatic heterocycles. The summed E-state index contributed by atoms with van der Waals surface area (Å²) in [4.78, 5) is 16.4. The van der Waals surface area contributed by atoms with Crippen molar-refractivity contribution in [1.29, 1.82) is 0 Å². The van der Waals surface area contributed by atoms with Crippen LogP contribution in [0.5, 0.6) is 0 Å². The van der Waals surface area contributed by atoms with Crippen LogP contribution in [0.3, 0.4) is 0 Å². The number of aryl methyl sites for hydroxylation is 3. The highest BCUT2D eigenvalue weighted by atomic mass is 32.1. The van der Waals surface area contributed by atoms with Gasteiger partial charge in [-0.05, 0) is 70.0 Å². The predicted molar refractivity (Wildman–Crippen MR) is 98.7 cm³/mol. The number of benzene rings is 1. The SMILES string of the molecule is Cc1ccc(C(c2ccc(C)s2)N2CCC(C(=O)O)CC2)c(C)c1. The maximum absolute atomic E-state index is 11.2. The number of carboxylic acid groups (broad SMARTS) is 1. The molecule has 0 amide bonds. The van der Waals surface area contributed by atoms with Crippen LogP contribution in [0.2, 0.25) is 0 Å². The molecule has 0 saturated carbocycles. The van der Waals surface area contributed by atoms with Crippen molar-refractivity contribution in [1.82, 2.24) is 4.90 Å². The van der Waals surface area contributed by atoms with E-state index < -0.39 is 5.97 Å². The van der Waals surface area contributed by atoms with Gasteiger partial charge in [0.15, 0.2) is 0 Å². The molecule has 0 aliphatic carbocycles. The summed E-state index contributed by atoms with van der Waals surface area (Å²) < 4.78 is 0. The molecule has 1 N–H and O–H groups in total. The first-order valence-electron chi connectivity index (χ1n) is 8.56. The van der Waals surface area contributed by atoms with Gasteiger partial charge in [0.2, 0.25) is 0 Å². The topological polar surface area (TPSA) is 40.5 Å². The normalized spacial score (nSPS) is 17.8. The summed E-state index contributed by atoms with van der Waals surface area (Å²) in [5.41, 5.74) is 3.93. The fourth-order valence-corrected chi connectivity index (χ4v) is 4.70. The molecule has 2 aromatic rings. The Kier molecular flexibility index (Phi) is 5.07. The summed E-state index contributed by atoms with van der Waals surface area (Å²) in [7, 11) is 0. The van der Waals surface area contributed by atoms with Gasteiger partial charge in [-0.25, -0.2) is 0 Å². The molecule has 2 heterocycles. The third kappa shape index (κ3) is 3.55. The molecule has 1 aliphatic rings. The van der Waals surface area contributed by atoms with Crippen molar-refractivity contribution in [2.75, 3.05) is 13.1 Å². The zero-order valence-corrected chi connectivity index (χ0v) is 15.4. The standard InChI is InChI=1S/C20H25NO2S/c1-13-4-6-17(14(2)12-13)19(18-7-5-15(3)24-18)21-10-8-16(9-11-21)20(22)23/h4-7,12,16,19H,8-11H2,1-3H3,(H,22,23). The number of aliphatic carboxylic acids is 1. The lowest BCUT2D eigenvalue weighted by molar-refractivity contribution is -0.143. The van der Waals surface area contributed by atoms with Crippen LogP contribution in [0.4, 0.5) is 0 Å². The zero-order chi connectivity index (χ0) is 17.3. The van der Waals surface area contributed by atoms with E-state index >= 15 is 0 Å². The van der Waals surface area contributed by atoms with Crippen molar-refractivity contribution < 1.29 is 9.90 Å². The van der Waals surface area contributed by atoms with Crippen LogP contribution in [0.1, 0.15) is 45.3 Å². The van der Waals surface area contributed by atoms with E-state index in [4.69, 9.17) is 0 Å². The summed E-state index contributed by atoms with van der Waals surface area (Å²) in [6.45, 7) is 8.13. The van der Waals surface area contributed by atoms with Crippen molar-refractivity contribution in [2.45, 2.75) is 39.7 Å². The molecular formula is C20H25NO2S. The third-order valence-electron chi connectivity index (χ3n) is 4.99. The molecule has 1 fully saturated rings. The van der Waals surface area contributed by atoms with Gasteiger partial charge in [-0.1, -0.05) is 23.8 Å². The van der Waals surface area contributed by atoms with Gasteiger partial charge in [-0.2, -0.15) is 0 Å². The Morgan fingerprint density at radius 2 is 1.88 bits per heavy atom. The van der Waals surface area contributed by atoms with E-state index in [0.29, 0.717) is 0 Å². The third-order valence-corrected chi connectivity index (χ3v) is 6.05. The van der Waals surface area contributed by atoms with Crippen LogP contribution in [-0.4, -0.2) is 29.1 Å². The fraction of sp³-hybridized carbons (Fsp3) is 0.450. The van der Waals surface area contributed by atoms with E-state index in [9.17, 15) is 9.90 Å². The number of hydrogen-bond acceptors (Lipinski definition) is 3. The number of piperidine rings is 1. The van der Waals surface area contributed by atoms with E-state index in [-0.39, 0.29) is 12.0 Å². The second kappa shape index (κ2) is 7.08. The highest BCUT2D eigenvalue weighted by Gasteiger charge is 2.31. The Bertz CT molecular complexity index is 729. The van der Waals surface area contributed by atoms with Crippen LogP contribution in [0.25, 0.3) is 0 Å². The van der Waals surface area contributed by atoms with E-state index in [1.807, 2.05) is 11.3 Å². The molecule has 1 saturated heterocycles. The van der Waals surface area contributed by atoms with Crippen LogP contribution >= 0.6 is 11.3 Å². The second-order valence-electron chi connectivity index (χ2n) is 6.86. The number of carbonyl (C=O) groups is 1. The number of carboxylic acids is 1. The van der Waals surface area contributed by atoms with Crippen molar-refractivity contribution in [3.63, 3.8) is 0 Å². The number of thiophene rings is 1. The minimum absolute atomic E-state index is 0.189. The molecular weight excluding hydrogens is 318 g/mol. The van der Waals surface area contributed by atoms with Gasteiger partial charge in [0, 0.05) is 9.75 Å². The minimum Gasteiger partial charge on any atom is -0.481 e. The van der Waals surface area contributed by atoms with Crippen LogP contribution < -0.4 is 0 Å². The van der Waals surface area contributed by atoms with Gasteiger partial charge in [0.25, 0.3) is 0 Å². The molecule has 0 bridgehead atoms. The number of hydrogen-bond donors (Lipinski definition) is 1. The van der Waals surface area contributed by atoms with Gasteiger partial charge in [-0.15, -0.1) is 11.3 Å². The lowest BCUT2D eigenvalue weighted by atomic mass is 9.92. The lowest BCUT2D eigenvalue weighted by Crippen LogP contribution is -2.39. The van der Waals surface area contributed by atoms with E-state index in [0.717, 1.165) is 25.9 Å². The van der Waals surface area contributed by atoms with Gasteiger partial charge in [0.05, 0.1) is 12.0 Å². The smallest absolute Gasteiger partial charge is 0.306 e. The van der Waals surface area contributed by atoms with Crippen molar-refractivity contribution in [3.8, 4) is 0 Å². The minimum atomic E-state index is -0.648. The molecule has 1 aromatic carbocycles. The first-order chi connectivity index (χ1) is 11.5. The highest BCUT2D eigenvalue weighted by Crippen LogP contribution is 2.37. The maximum Gasteiger partial charge on any atom is 0.306 e. The first kappa shape index (κ1) is 17.2. The maximum atomic E-state index is 11.2. The van der Waals surface area contributed by atoms with Gasteiger partial charge >= 0.3 is 5.97 Å². The summed E-state index contributed by atoms with van der Waals surface area (Å²) in [5.74, 6) is -0.837. The molecule has 1 aliphatic heterocycles. The number of likely N-dealkylation sites (tertiary alicyclic amines) is 1. The quantitative estimate of drug-likeness (QED) is 0.885. The summed E-state index contributed by atoms with van der Waals surface area (Å²) in [6.07, 6.45) is 1.47. The molecule has 24 heavy (non-hydrogen) atoms. The molecule has 0 radical (unpaired) electrons. The molecule has 0 spiro atoms. The van der Waals surface area contributed by atoms with E-state index in [2.05, 4.69) is 56.0 Å². The molecule has 3 nitrogen and oxygen atoms in total. The van der Waals surface area contributed by atoms with Crippen LogP contribution in [0.15, 0.2) is 30.3 Å². The Morgan fingerprint density at radius 1 is 1.17 bits per heavy atom. The highest BCUT2D eigenvalue weighted by molar-refractivity contribution is 7.12. The van der Waals surface area contributed by atoms with Gasteiger partial charge in [0.1, 0.15) is 0 Å². The first-order valence-corrected chi connectivity index (χ1v) is 9.37. The summed E-state index contributed by atoms with van der Waals surface area (Å²) in [5, 5.41) is 9.26. The molecule has 3 rings (SSSR count). The van der Waals surface area contributed by atoms with Crippen LogP contribution in [0, 0.1) is 26.7 Å². The Balaban J connectivity index is 1.93. The molecule has 4 heteroatoms. The Morgan fingerprint density at radius 3 is 2.42 bits per heavy atom. The Labute approximate surface area is 147 Å². The van der Waals surface area contributed by atoms with E-state index in [1.165, 1.54) is 26.4 Å². The lowest BCUT2D eigenvalue weighted by Gasteiger charge is -2.37. The van der Waals surface area contributed by atoms with Crippen molar-refractivity contribution >= 4 is 17.3 Å². The average Bonchev–Trinajstić information content (AvgIpc) is 2.96. The zero-order valence-electron chi connectivity index (χ0n) is 14.6. The summed E-state index contributed by atoms with van der Waals surface area (Å²) >= 11 is 1.85. The average molecular weight is 343 g/mol.